The van der Waals surface area contributed by atoms with Crippen molar-refractivity contribution in [3.05, 3.63) is 72.8 Å². The Kier molecular flexibility index (Phi) is 4.69. The highest BCUT2D eigenvalue weighted by Crippen LogP contribution is 2.20. The number of hydrogen-bond donors (Lipinski definition) is 2. The van der Waals surface area contributed by atoms with Crippen LogP contribution in [0.2, 0.25) is 0 Å². The van der Waals surface area contributed by atoms with Gasteiger partial charge in [0.05, 0.1) is 11.0 Å². The summed E-state index contributed by atoms with van der Waals surface area (Å²) in [5.74, 6) is -0.397. The average molecular weight is 409 g/mol. The van der Waals surface area contributed by atoms with E-state index in [1.54, 1.807) is 25.5 Å². The summed E-state index contributed by atoms with van der Waals surface area (Å²) in [6.45, 7) is 0. The molecular weight excluding hydrogens is 390 g/mol. The Labute approximate surface area is 167 Å². The number of amides is 1. The van der Waals surface area contributed by atoms with Crippen molar-refractivity contribution in [1.82, 2.24) is 18.8 Å². The number of aryl methyl sites for hydroxylation is 1. The van der Waals surface area contributed by atoms with Gasteiger partial charge in [-0.2, -0.15) is 0 Å². The number of para-hydroxylation sites is 2. The second kappa shape index (κ2) is 7.19. The van der Waals surface area contributed by atoms with E-state index in [9.17, 15) is 13.2 Å². The maximum absolute atomic E-state index is 12.6. The van der Waals surface area contributed by atoms with Gasteiger partial charge < -0.3 is 9.88 Å². The van der Waals surface area contributed by atoms with Gasteiger partial charge in [-0.15, -0.1) is 0 Å². The van der Waals surface area contributed by atoms with Crippen LogP contribution in [0.25, 0.3) is 16.7 Å². The summed E-state index contributed by atoms with van der Waals surface area (Å²) >= 11 is 0. The van der Waals surface area contributed by atoms with E-state index in [0.717, 1.165) is 16.7 Å². The smallest absolute Gasteiger partial charge is 0.272 e. The van der Waals surface area contributed by atoms with Gasteiger partial charge in [0.1, 0.15) is 16.9 Å². The summed E-state index contributed by atoms with van der Waals surface area (Å²) in [7, 11) is -0.666. The number of carbonyl (C=O) groups excluding carboxylic acids is 1. The van der Waals surface area contributed by atoms with E-state index in [4.69, 9.17) is 0 Å². The van der Waals surface area contributed by atoms with E-state index in [-0.39, 0.29) is 10.6 Å². The van der Waals surface area contributed by atoms with Crippen molar-refractivity contribution in [1.29, 1.82) is 0 Å². The fourth-order valence-corrected chi connectivity index (χ4v) is 3.89. The number of hydrogen-bond acceptors (Lipinski definition) is 4. The lowest BCUT2D eigenvalue weighted by molar-refractivity contribution is 0.101. The highest BCUT2D eigenvalue weighted by atomic mass is 32.2. The lowest BCUT2D eigenvalue weighted by atomic mass is 10.2. The number of nitrogens with zero attached hydrogens (tertiary/aromatic N) is 3. The lowest BCUT2D eigenvalue weighted by Gasteiger charge is -2.08. The summed E-state index contributed by atoms with van der Waals surface area (Å²) in [5, 5.41) is 2.79. The Bertz CT molecular complexity index is 1300. The summed E-state index contributed by atoms with van der Waals surface area (Å²) in [5.41, 5.74) is 3.65. The lowest BCUT2D eigenvalue weighted by Crippen LogP contribution is -2.18. The number of fused-ring (bicyclic) bond motifs is 1. The summed E-state index contributed by atoms with van der Waals surface area (Å²) in [6, 6.07) is 16.5. The van der Waals surface area contributed by atoms with Crippen molar-refractivity contribution in [2.24, 2.45) is 7.05 Å². The molecule has 0 atom stereocenters. The number of aromatic nitrogens is 3. The zero-order valence-electron chi connectivity index (χ0n) is 15.8. The molecule has 29 heavy (non-hydrogen) atoms. The number of benzene rings is 2. The maximum atomic E-state index is 12.6. The van der Waals surface area contributed by atoms with Crippen LogP contribution in [0.5, 0.6) is 0 Å². The maximum Gasteiger partial charge on any atom is 0.272 e. The van der Waals surface area contributed by atoms with E-state index in [2.05, 4.69) is 15.0 Å². The Morgan fingerprint density at radius 2 is 1.79 bits per heavy atom. The van der Waals surface area contributed by atoms with Crippen molar-refractivity contribution in [2.45, 2.75) is 4.90 Å². The third-order valence-corrected chi connectivity index (χ3v) is 6.03. The normalized spacial score (nSPS) is 11.7. The van der Waals surface area contributed by atoms with Crippen LogP contribution in [0.1, 0.15) is 10.5 Å². The predicted molar refractivity (Wildman–Crippen MR) is 111 cm³/mol. The van der Waals surface area contributed by atoms with Crippen molar-refractivity contribution in [2.75, 3.05) is 12.4 Å². The third-order valence-electron chi connectivity index (χ3n) is 4.65. The van der Waals surface area contributed by atoms with Gasteiger partial charge in [0.25, 0.3) is 5.91 Å². The molecule has 2 heterocycles. The first-order valence-corrected chi connectivity index (χ1v) is 10.3. The number of anilines is 1. The Balaban J connectivity index is 1.56. The second-order valence-electron chi connectivity index (χ2n) is 6.48. The largest absolute Gasteiger partial charge is 0.345 e. The molecule has 9 heteroatoms. The highest BCUT2D eigenvalue weighted by Gasteiger charge is 2.19. The number of rotatable bonds is 5. The molecule has 2 aromatic heterocycles. The monoisotopic (exact) mass is 409 g/mol. The van der Waals surface area contributed by atoms with Gasteiger partial charge in [0.2, 0.25) is 10.0 Å². The Morgan fingerprint density at radius 1 is 1.07 bits per heavy atom. The van der Waals surface area contributed by atoms with Crippen molar-refractivity contribution in [3.8, 4) is 5.69 Å². The van der Waals surface area contributed by atoms with Gasteiger partial charge >= 0.3 is 0 Å². The van der Waals surface area contributed by atoms with E-state index < -0.39 is 15.9 Å². The molecule has 0 saturated heterocycles. The third kappa shape index (κ3) is 3.53. The summed E-state index contributed by atoms with van der Waals surface area (Å²) in [4.78, 5) is 17.0. The molecule has 0 radical (unpaired) electrons. The summed E-state index contributed by atoms with van der Waals surface area (Å²) < 4.78 is 29.5. The van der Waals surface area contributed by atoms with Crippen LogP contribution >= 0.6 is 0 Å². The summed E-state index contributed by atoms with van der Waals surface area (Å²) in [6.07, 6.45) is 3.15. The fraction of sp³-hybridized carbons (Fsp3) is 0.100. The topological polar surface area (TPSA) is 98.0 Å². The minimum absolute atomic E-state index is 0.0370. The van der Waals surface area contributed by atoms with Gasteiger partial charge in [-0.3, -0.25) is 9.36 Å². The van der Waals surface area contributed by atoms with Crippen LogP contribution in [0.3, 0.4) is 0 Å². The van der Waals surface area contributed by atoms with Gasteiger partial charge in [0.15, 0.2) is 0 Å². The van der Waals surface area contributed by atoms with Crippen LogP contribution in [-0.4, -0.2) is 35.5 Å². The van der Waals surface area contributed by atoms with Crippen LogP contribution in [0.15, 0.2) is 72.0 Å². The van der Waals surface area contributed by atoms with Gasteiger partial charge in [-0.25, -0.2) is 18.1 Å². The van der Waals surface area contributed by atoms with Gasteiger partial charge in [-0.1, -0.05) is 12.1 Å². The van der Waals surface area contributed by atoms with Crippen LogP contribution < -0.4 is 10.0 Å². The number of sulfonamides is 1. The SMILES string of the molecule is CNS(=O)(=O)c1cc(C(=O)Nc2ccc(-n3cnc4ccccc43)cc2)n(C)c1. The molecule has 148 valence electrons. The number of imidazole rings is 1. The molecule has 0 aliphatic heterocycles. The van der Waals surface area contributed by atoms with E-state index in [1.165, 1.54) is 23.9 Å². The van der Waals surface area contributed by atoms with Crippen molar-refractivity contribution >= 4 is 32.7 Å². The van der Waals surface area contributed by atoms with Crippen molar-refractivity contribution < 1.29 is 13.2 Å². The Morgan fingerprint density at radius 3 is 2.52 bits per heavy atom. The molecule has 0 unspecified atom stereocenters. The van der Waals surface area contributed by atoms with Gasteiger partial charge in [-0.05, 0) is 49.5 Å². The first-order valence-electron chi connectivity index (χ1n) is 8.83. The zero-order chi connectivity index (χ0) is 20.6. The van der Waals surface area contributed by atoms with E-state index >= 15 is 0 Å². The van der Waals surface area contributed by atoms with Crippen molar-refractivity contribution in [3.63, 3.8) is 0 Å². The van der Waals surface area contributed by atoms with Crippen LogP contribution in [0, 0.1) is 0 Å². The van der Waals surface area contributed by atoms with E-state index in [0.29, 0.717) is 5.69 Å². The molecule has 1 amide bonds. The minimum Gasteiger partial charge on any atom is -0.345 e. The molecule has 0 saturated carbocycles. The fourth-order valence-electron chi connectivity index (χ4n) is 3.09. The van der Waals surface area contributed by atoms with E-state index in [1.807, 2.05) is 41.0 Å². The highest BCUT2D eigenvalue weighted by molar-refractivity contribution is 7.89. The first-order chi connectivity index (χ1) is 13.9. The number of carbonyl (C=O) groups is 1. The molecular formula is C20H19N5O3S. The molecule has 8 nitrogen and oxygen atoms in total. The molecule has 0 aliphatic carbocycles. The molecule has 0 fully saturated rings. The average Bonchev–Trinajstić information content (AvgIpc) is 3.33. The van der Waals surface area contributed by atoms with Gasteiger partial charge in [0, 0.05) is 24.6 Å². The molecule has 4 aromatic rings. The second-order valence-corrected chi connectivity index (χ2v) is 8.37. The minimum atomic E-state index is -3.61. The standard InChI is InChI=1S/C20H19N5O3S/c1-21-29(27,28)16-11-19(24(2)12-16)20(26)23-14-7-9-15(10-8-14)25-13-22-17-5-3-4-6-18(17)25/h3-13,21H,1-2H3,(H,23,26). The predicted octanol–water partition coefficient (Wildman–Crippen LogP) is 2.52. The molecule has 0 aliphatic rings. The quantitative estimate of drug-likeness (QED) is 0.529. The molecule has 0 bridgehead atoms. The molecule has 0 spiro atoms. The zero-order valence-corrected chi connectivity index (χ0v) is 16.6. The number of nitrogens with one attached hydrogen (secondary N) is 2. The molecule has 2 aromatic carbocycles. The molecule has 4 rings (SSSR count). The van der Waals surface area contributed by atoms with Crippen LogP contribution in [-0.2, 0) is 17.1 Å². The van der Waals surface area contributed by atoms with Crippen LogP contribution in [0.4, 0.5) is 5.69 Å². The first kappa shape index (κ1) is 18.9. The molecule has 2 N–H and O–H groups in total. The Hall–Kier alpha value is -3.43.